The van der Waals surface area contributed by atoms with E-state index >= 15 is 0 Å². The van der Waals surface area contributed by atoms with Gasteiger partial charge >= 0.3 is 0 Å². The number of thiazole rings is 1. The number of nitrogens with one attached hydrogen (secondary N) is 1. The Morgan fingerprint density at radius 1 is 1.21 bits per heavy atom. The van der Waals surface area contributed by atoms with Crippen LogP contribution in [0.15, 0.2) is 47.6 Å². The summed E-state index contributed by atoms with van der Waals surface area (Å²) in [5.41, 5.74) is 4.45. The largest absolute Gasteiger partial charge is 0.488 e. The Kier molecular flexibility index (Phi) is 6.90. The molecule has 3 rings (SSSR count). The zero-order valence-electron chi connectivity index (χ0n) is 16.1. The fourth-order valence-electron chi connectivity index (χ4n) is 2.53. The van der Waals surface area contributed by atoms with Gasteiger partial charge in [-0.3, -0.25) is 4.79 Å². The van der Waals surface area contributed by atoms with Gasteiger partial charge in [0, 0.05) is 10.4 Å². The first kappa shape index (κ1) is 21.3. The highest BCUT2D eigenvalue weighted by atomic mass is 35.5. The molecule has 3 aromatic rings. The van der Waals surface area contributed by atoms with E-state index in [1.165, 1.54) is 17.6 Å². The highest BCUT2D eigenvalue weighted by Gasteiger charge is 2.16. The predicted molar refractivity (Wildman–Crippen MR) is 120 cm³/mol. The minimum Gasteiger partial charge on any atom is -0.488 e. The Morgan fingerprint density at radius 2 is 1.86 bits per heavy atom. The minimum absolute atomic E-state index is 0.0501. The van der Waals surface area contributed by atoms with Crippen molar-refractivity contribution < 1.29 is 9.53 Å². The Hall–Kier alpha value is -2.41. The van der Waals surface area contributed by atoms with E-state index in [0.717, 1.165) is 15.4 Å². The van der Waals surface area contributed by atoms with Gasteiger partial charge in [0.05, 0.1) is 22.4 Å². The Labute approximate surface area is 183 Å². The van der Waals surface area contributed by atoms with Crippen LogP contribution in [0.3, 0.4) is 0 Å². The first-order chi connectivity index (χ1) is 13.8. The molecule has 0 unspecified atom stereocenters. The van der Waals surface area contributed by atoms with Crippen molar-refractivity contribution in [3.8, 4) is 16.3 Å². The second kappa shape index (κ2) is 9.39. The summed E-state index contributed by atoms with van der Waals surface area (Å²) in [4.78, 5) is 17.7. The molecule has 0 spiro atoms. The molecule has 1 heterocycles. The summed E-state index contributed by atoms with van der Waals surface area (Å²) in [6, 6.07) is 13.1. The SMILES string of the molecule is Cc1sc(-c2ccccc2)nc1C(=O)N/N=C\c1cc(Cl)c(OC(C)C)c(Cl)c1. The molecular formula is C21H19Cl2N3O2S. The lowest BCUT2D eigenvalue weighted by molar-refractivity contribution is 0.0950. The van der Waals surface area contributed by atoms with Crippen LogP contribution in [-0.4, -0.2) is 23.2 Å². The van der Waals surface area contributed by atoms with E-state index in [4.69, 9.17) is 27.9 Å². The van der Waals surface area contributed by atoms with Crippen LogP contribution in [0.5, 0.6) is 5.75 Å². The molecule has 0 saturated carbocycles. The van der Waals surface area contributed by atoms with Crippen molar-refractivity contribution in [1.82, 2.24) is 10.4 Å². The lowest BCUT2D eigenvalue weighted by Gasteiger charge is -2.13. The highest BCUT2D eigenvalue weighted by Crippen LogP contribution is 2.34. The summed E-state index contributed by atoms with van der Waals surface area (Å²) in [7, 11) is 0. The van der Waals surface area contributed by atoms with Gasteiger partial charge in [-0.05, 0) is 38.5 Å². The number of halogens is 2. The molecular weight excluding hydrogens is 429 g/mol. The van der Waals surface area contributed by atoms with Crippen molar-refractivity contribution in [2.24, 2.45) is 5.10 Å². The molecule has 29 heavy (non-hydrogen) atoms. The van der Waals surface area contributed by atoms with Gasteiger partial charge in [-0.2, -0.15) is 5.10 Å². The van der Waals surface area contributed by atoms with Crippen molar-refractivity contribution in [3.05, 3.63) is 68.6 Å². The monoisotopic (exact) mass is 447 g/mol. The van der Waals surface area contributed by atoms with E-state index in [0.29, 0.717) is 27.1 Å². The third-order valence-corrected chi connectivity index (χ3v) is 5.37. The van der Waals surface area contributed by atoms with Crippen molar-refractivity contribution >= 4 is 46.7 Å². The quantitative estimate of drug-likeness (QED) is 0.373. The zero-order valence-corrected chi connectivity index (χ0v) is 18.4. The van der Waals surface area contributed by atoms with Gasteiger partial charge in [-0.25, -0.2) is 10.4 Å². The molecule has 1 aromatic heterocycles. The summed E-state index contributed by atoms with van der Waals surface area (Å²) in [5, 5.41) is 5.54. The standard InChI is InChI=1S/C21H19Cl2N3O2S/c1-12(2)28-19-16(22)9-14(10-17(19)23)11-24-26-20(27)18-13(3)29-21(25-18)15-7-5-4-6-8-15/h4-12H,1-3H3,(H,26,27)/b24-11-. The molecule has 0 aliphatic rings. The molecule has 5 nitrogen and oxygen atoms in total. The molecule has 0 bridgehead atoms. The van der Waals surface area contributed by atoms with Gasteiger partial charge in [0.15, 0.2) is 5.75 Å². The number of benzene rings is 2. The number of nitrogens with zero attached hydrogens (tertiary/aromatic N) is 2. The first-order valence-electron chi connectivity index (χ1n) is 8.87. The van der Waals surface area contributed by atoms with E-state index in [1.807, 2.05) is 51.1 Å². The second-order valence-electron chi connectivity index (χ2n) is 6.47. The molecule has 0 radical (unpaired) electrons. The van der Waals surface area contributed by atoms with E-state index in [9.17, 15) is 4.79 Å². The number of amides is 1. The van der Waals surface area contributed by atoms with E-state index in [1.54, 1.807) is 12.1 Å². The molecule has 150 valence electrons. The fourth-order valence-corrected chi connectivity index (χ4v) is 4.04. The van der Waals surface area contributed by atoms with Crippen molar-refractivity contribution in [1.29, 1.82) is 0 Å². The molecule has 0 aliphatic carbocycles. The summed E-state index contributed by atoms with van der Waals surface area (Å²) < 4.78 is 5.60. The van der Waals surface area contributed by atoms with Gasteiger partial charge in [-0.1, -0.05) is 53.5 Å². The normalized spacial score (nSPS) is 11.2. The smallest absolute Gasteiger partial charge is 0.291 e. The first-order valence-corrected chi connectivity index (χ1v) is 10.4. The van der Waals surface area contributed by atoms with Crippen LogP contribution in [0.2, 0.25) is 10.0 Å². The van der Waals surface area contributed by atoms with Crippen LogP contribution in [0.4, 0.5) is 0 Å². The number of hydrogen-bond donors (Lipinski definition) is 1. The molecule has 2 aromatic carbocycles. The van der Waals surface area contributed by atoms with Crippen molar-refractivity contribution in [2.45, 2.75) is 26.9 Å². The molecule has 1 N–H and O–H groups in total. The predicted octanol–water partition coefficient (Wildman–Crippen LogP) is 5.98. The Balaban J connectivity index is 1.71. The average molecular weight is 448 g/mol. The number of hydrazone groups is 1. The lowest BCUT2D eigenvalue weighted by atomic mass is 10.2. The van der Waals surface area contributed by atoms with Gasteiger partial charge in [-0.15, -0.1) is 11.3 Å². The molecule has 0 atom stereocenters. The number of ether oxygens (including phenoxy) is 1. The minimum atomic E-state index is -0.380. The third kappa shape index (κ3) is 5.35. The van der Waals surface area contributed by atoms with Crippen LogP contribution < -0.4 is 10.2 Å². The topological polar surface area (TPSA) is 63.6 Å². The van der Waals surface area contributed by atoms with Crippen molar-refractivity contribution in [2.75, 3.05) is 0 Å². The second-order valence-corrected chi connectivity index (χ2v) is 8.49. The van der Waals surface area contributed by atoms with E-state index in [2.05, 4.69) is 15.5 Å². The van der Waals surface area contributed by atoms with E-state index in [-0.39, 0.29) is 12.0 Å². The van der Waals surface area contributed by atoms with Gasteiger partial charge < -0.3 is 4.74 Å². The van der Waals surface area contributed by atoms with Crippen LogP contribution >= 0.6 is 34.5 Å². The van der Waals surface area contributed by atoms with Crippen LogP contribution in [0, 0.1) is 6.92 Å². The zero-order chi connectivity index (χ0) is 21.0. The number of aryl methyl sites for hydroxylation is 1. The van der Waals surface area contributed by atoms with Crippen LogP contribution in [0.25, 0.3) is 10.6 Å². The molecule has 0 fully saturated rings. The molecule has 8 heteroatoms. The maximum atomic E-state index is 12.5. The van der Waals surface area contributed by atoms with Crippen LogP contribution in [-0.2, 0) is 0 Å². The average Bonchev–Trinajstić information content (AvgIpc) is 3.07. The number of hydrogen-bond acceptors (Lipinski definition) is 5. The maximum Gasteiger partial charge on any atom is 0.291 e. The third-order valence-electron chi connectivity index (χ3n) is 3.79. The number of carbonyl (C=O) groups excluding carboxylic acids is 1. The van der Waals surface area contributed by atoms with Crippen molar-refractivity contribution in [3.63, 3.8) is 0 Å². The van der Waals surface area contributed by atoms with Gasteiger partial charge in [0.1, 0.15) is 10.7 Å². The van der Waals surface area contributed by atoms with Crippen LogP contribution in [0.1, 0.15) is 34.8 Å². The number of carbonyl (C=O) groups is 1. The summed E-state index contributed by atoms with van der Waals surface area (Å²) in [5.74, 6) is 0.0465. The Morgan fingerprint density at radius 3 is 2.48 bits per heavy atom. The summed E-state index contributed by atoms with van der Waals surface area (Å²) in [6.07, 6.45) is 1.42. The lowest BCUT2D eigenvalue weighted by Crippen LogP contribution is -2.19. The van der Waals surface area contributed by atoms with E-state index < -0.39 is 0 Å². The number of rotatable bonds is 6. The Bertz CT molecular complexity index is 1030. The van der Waals surface area contributed by atoms with Gasteiger partial charge in [0.2, 0.25) is 0 Å². The molecule has 0 aliphatic heterocycles. The maximum absolute atomic E-state index is 12.5. The highest BCUT2D eigenvalue weighted by molar-refractivity contribution is 7.15. The fraction of sp³-hybridized carbons (Fsp3) is 0.190. The molecule has 1 amide bonds. The van der Waals surface area contributed by atoms with Gasteiger partial charge in [0.25, 0.3) is 5.91 Å². The summed E-state index contributed by atoms with van der Waals surface area (Å²) in [6.45, 7) is 5.64. The molecule has 0 saturated heterocycles. The number of aromatic nitrogens is 1. The summed E-state index contributed by atoms with van der Waals surface area (Å²) >= 11 is 13.9.